The second-order valence-electron chi connectivity index (χ2n) is 4.70. The van der Waals surface area contributed by atoms with Crippen LogP contribution in [0.25, 0.3) is 0 Å². The fourth-order valence-corrected chi connectivity index (χ4v) is 2.80. The minimum absolute atomic E-state index is 0.0812. The largest absolute Gasteiger partial charge is 0.446 e. The molecule has 0 atom stereocenters. The van der Waals surface area contributed by atoms with Crippen molar-refractivity contribution < 1.29 is 18.3 Å². The number of piperidine rings is 1. The Balaban J connectivity index is 1.95. The van der Waals surface area contributed by atoms with Crippen LogP contribution in [-0.4, -0.2) is 34.7 Å². The number of hydrogen-bond donors (Lipinski definition) is 1. The Hall–Kier alpha value is -0.720. The van der Waals surface area contributed by atoms with Crippen LogP contribution in [0.2, 0.25) is 0 Å². The summed E-state index contributed by atoms with van der Waals surface area (Å²) < 4.78 is 36.9. The van der Waals surface area contributed by atoms with Gasteiger partial charge in [-0.1, -0.05) is 12.1 Å². The molecule has 1 heterocycles. The topological polar surface area (TPSA) is 23.5 Å². The van der Waals surface area contributed by atoms with Gasteiger partial charge in [0, 0.05) is 24.5 Å². The summed E-state index contributed by atoms with van der Waals surface area (Å²) in [5.41, 5.74) is -3.36. The van der Waals surface area contributed by atoms with E-state index in [1.165, 1.54) is 6.07 Å². The van der Waals surface area contributed by atoms with Crippen LogP contribution in [0, 0.1) is 0 Å². The second kappa shape index (κ2) is 6.15. The molecule has 1 fully saturated rings. The molecule has 1 aliphatic rings. The lowest BCUT2D eigenvalue weighted by atomic mass is 10.1. The van der Waals surface area contributed by atoms with Crippen molar-refractivity contribution in [3.63, 3.8) is 0 Å². The molecule has 0 radical (unpaired) electrons. The first kappa shape index (κ1) is 14.7. The van der Waals surface area contributed by atoms with Crippen molar-refractivity contribution in [1.82, 2.24) is 4.90 Å². The molecule has 0 aliphatic carbocycles. The number of nitrogens with zero attached hydrogens (tertiary/aromatic N) is 1. The maximum absolute atomic E-state index is 12.3. The van der Waals surface area contributed by atoms with Crippen LogP contribution < -0.4 is 0 Å². The molecule has 1 aromatic carbocycles. The van der Waals surface area contributed by atoms with Crippen molar-refractivity contribution in [3.05, 3.63) is 29.8 Å². The first-order chi connectivity index (χ1) is 8.92. The van der Waals surface area contributed by atoms with Gasteiger partial charge in [0.2, 0.25) is 0 Å². The predicted octanol–water partition coefficient (Wildman–Crippen LogP) is 3.26. The predicted molar refractivity (Wildman–Crippen MR) is 68.9 cm³/mol. The number of rotatable bonds is 3. The van der Waals surface area contributed by atoms with Crippen LogP contribution in [-0.2, 0) is 6.54 Å². The molecular weight excluding hydrogens is 275 g/mol. The highest BCUT2D eigenvalue weighted by Gasteiger charge is 2.29. The number of likely N-dealkylation sites (tertiary alicyclic amines) is 1. The molecule has 19 heavy (non-hydrogen) atoms. The standard InChI is InChI=1S/C13H16F3NOS/c14-13(15,16)19-12-3-1-2-10(8-12)9-17-6-4-11(18)5-7-17/h1-3,8,11,18H,4-7,9H2. The molecule has 106 valence electrons. The number of benzene rings is 1. The molecule has 1 aromatic rings. The summed E-state index contributed by atoms with van der Waals surface area (Å²) in [5.74, 6) is 0. The van der Waals surface area contributed by atoms with Gasteiger partial charge in [0.15, 0.2) is 0 Å². The molecule has 0 saturated carbocycles. The zero-order valence-corrected chi connectivity index (χ0v) is 11.2. The molecule has 6 heteroatoms. The number of hydrogen-bond acceptors (Lipinski definition) is 3. The molecule has 2 nitrogen and oxygen atoms in total. The zero-order chi connectivity index (χ0) is 13.9. The third-order valence-electron chi connectivity index (χ3n) is 3.10. The fraction of sp³-hybridized carbons (Fsp3) is 0.538. The van der Waals surface area contributed by atoms with Gasteiger partial charge in [-0.15, -0.1) is 0 Å². The normalized spacial score (nSPS) is 18.7. The van der Waals surface area contributed by atoms with Gasteiger partial charge in [0.25, 0.3) is 0 Å². The minimum Gasteiger partial charge on any atom is -0.393 e. The first-order valence-corrected chi connectivity index (χ1v) is 6.99. The van der Waals surface area contributed by atoms with Crippen molar-refractivity contribution >= 4 is 11.8 Å². The summed E-state index contributed by atoms with van der Waals surface area (Å²) in [6, 6.07) is 6.55. The molecule has 2 rings (SSSR count). The van der Waals surface area contributed by atoms with E-state index in [1.54, 1.807) is 12.1 Å². The average molecular weight is 291 g/mol. The third kappa shape index (κ3) is 5.04. The van der Waals surface area contributed by atoms with E-state index in [2.05, 4.69) is 4.90 Å². The van der Waals surface area contributed by atoms with Crippen molar-refractivity contribution in [1.29, 1.82) is 0 Å². The van der Waals surface area contributed by atoms with Crippen LogP contribution in [0.15, 0.2) is 29.2 Å². The maximum Gasteiger partial charge on any atom is 0.446 e. The van der Waals surface area contributed by atoms with E-state index in [0.29, 0.717) is 6.54 Å². The Morgan fingerprint density at radius 3 is 2.58 bits per heavy atom. The summed E-state index contributed by atoms with van der Waals surface area (Å²) in [7, 11) is 0. The average Bonchev–Trinajstić information content (AvgIpc) is 2.30. The monoisotopic (exact) mass is 291 g/mol. The third-order valence-corrected chi connectivity index (χ3v) is 3.82. The Kier molecular flexibility index (Phi) is 4.76. The lowest BCUT2D eigenvalue weighted by Crippen LogP contribution is -2.35. The Morgan fingerprint density at radius 2 is 1.95 bits per heavy atom. The fourth-order valence-electron chi connectivity index (χ4n) is 2.18. The Labute approximate surface area is 114 Å². The Bertz CT molecular complexity index is 417. The van der Waals surface area contributed by atoms with Crippen LogP contribution in [0.3, 0.4) is 0 Å². The van der Waals surface area contributed by atoms with Gasteiger partial charge in [-0.3, -0.25) is 4.90 Å². The SMILES string of the molecule is OC1CCN(Cc2cccc(SC(F)(F)F)c2)CC1. The van der Waals surface area contributed by atoms with Crippen LogP contribution in [0.5, 0.6) is 0 Å². The van der Waals surface area contributed by atoms with Gasteiger partial charge in [0.1, 0.15) is 0 Å². The second-order valence-corrected chi connectivity index (χ2v) is 5.84. The number of alkyl halides is 3. The van der Waals surface area contributed by atoms with E-state index in [1.807, 2.05) is 6.07 Å². The summed E-state index contributed by atoms with van der Waals surface area (Å²) >= 11 is -0.0812. The zero-order valence-electron chi connectivity index (χ0n) is 10.4. The molecule has 1 N–H and O–H groups in total. The highest BCUT2D eigenvalue weighted by atomic mass is 32.2. The molecule has 0 bridgehead atoms. The van der Waals surface area contributed by atoms with Crippen molar-refractivity contribution in [2.24, 2.45) is 0 Å². The van der Waals surface area contributed by atoms with E-state index in [-0.39, 0.29) is 22.8 Å². The lowest BCUT2D eigenvalue weighted by Gasteiger charge is -2.29. The molecular formula is C13H16F3NOS. The van der Waals surface area contributed by atoms with E-state index < -0.39 is 5.51 Å². The number of aliphatic hydroxyl groups excluding tert-OH is 1. The summed E-state index contributed by atoms with van der Waals surface area (Å²) in [4.78, 5) is 2.38. The van der Waals surface area contributed by atoms with E-state index in [4.69, 9.17) is 0 Å². The van der Waals surface area contributed by atoms with Crippen molar-refractivity contribution in [2.45, 2.75) is 35.9 Å². The lowest BCUT2D eigenvalue weighted by molar-refractivity contribution is -0.0328. The number of thioether (sulfide) groups is 1. The van der Waals surface area contributed by atoms with E-state index >= 15 is 0 Å². The minimum atomic E-state index is -4.24. The van der Waals surface area contributed by atoms with Gasteiger partial charge in [-0.05, 0) is 42.3 Å². The van der Waals surface area contributed by atoms with Crippen molar-refractivity contribution in [2.75, 3.05) is 13.1 Å². The first-order valence-electron chi connectivity index (χ1n) is 6.17. The summed E-state index contributed by atoms with van der Waals surface area (Å²) in [5, 5.41) is 9.41. The van der Waals surface area contributed by atoms with Gasteiger partial charge in [0.05, 0.1) is 6.10 Å². The quantitative estimate of drug-likeness (QED) is 0.865. The van der Waals surface area contributed by atoms with Gasteiger partial charge < -0.3 is 5.11 Å². The smallest absolute Gasteiger partial charge is 0.393 e. The molecule has 0 unspecified atom stereocenters. The van der Waals surface area contributed by atoms with E-state index in [9.17, 15) is 18.3 Å². The number of aliphatic hydroxyl groups is 1. The summed E-state index contributed by atoms with van der Waals surface area (Å²) in [6.07, 6.45) is 1.23. The van der Waals surface area contributed by atoms with Gasteiger partial charge >= 0.3 is 5.51 Å². The maximum atomic E-state index is 12.3. The molecule has 0 amide bonds. The number of halogens is 3. The highest BCUT2D eigenvalue weighted by Crippen LogP contribution is 2.37. The van der Waals surface area contributed by atoms with E-state index in [0.717, 1.165) is 31.5 Å². The van der Waals surface area contributed by atoms with Gasteiger partial charge in [-0.2, -0.15) is 13.2 Å². The molecule has 0 aromatic heterocycles. The Morgan fingerprint density at radius 1 is 1.26 bits per heavy atom. The molecule has 0 spiro atoms. The molecule has 1 aliphatic heterocycles. The summed E-state index contributed by atoms with van der Waals surface area (Å²) in [6.45, 7) is 2.22. The highest BCUT2D eigenvalue weighted by molar-refractivity contribution is 8.00. The van der Waals surface area contributed by atoms with Crippen LogP contribution in [0.4, 0.5) is 13.2 Å². The van der Waals surface area contributed by atoms with Crippen LogP contribution >= 0.6 is 11.8 Å². The van der Waals surface area contributed by atoms with Crippen molar-refractivity contribution in [3.8, 4) is 0 Å². The van der Waals surface area contributed by atoms with Crippen LogP contribution in [0.1, 0.15) is 18.4 Å². The van der Waals surface area contributed by atoms with Gasteiger partial charge in [-0.25, -0.2) is 0 Å². The molecule has 1 saturated heterocycles.